The molecule has 10 heteroatoms. The fourth-order valence-electron chi connectivity index (χ4n) is 0. The fourth-order valence-corrected chi connectivity index (χ4v) is 0. The first-order valence-electron chi connectivity index (χ1n) is 0.756. The Morgan fingerprint density at radius 2 is 0.600 bits per heavy atom. The van der Waals surface area contributed by atoms with Crippen LogP contribution in [0.1, 0.15) is 0 Å². The van der Waals surface area contributed by atoms with Gasteiger partial charge >= 0.3 is 81.1 Å². The van der Waals surface area contributed by atoms with E-state index in [0.29, 0.717) is 0 Å². The van der Waals surface area contributed by atoms with Gasteiger partial charge in [-0.15, -0.1) is 0 Å². The Morgan fingerprint density at radius 1 is 0.600 bits per heavy atom. The van der Waals surface area contributed by atoms with E-state index in [9.17, 15) is 0 Å². The van der Waals surface area contributed by atoms with E-state index in [1.165, 1.54) is 0 Å². The molecule has 0 bridgehead atoms. The van der Waals surface area contributed by atoms with Crippen molar-refractivity contribution in [3.8, 4) is 0 Å². The van der Waals surface area contributed by atoms with Crippen LogP contribution in [0.3, 0.4) is 0 Å². The quantitative estimate of drug-likeness (QED) is 0.511. The molecule has 0 amide bonds. The monoisotopic (exact) mass is 496 g/mol. The van der Waals surface area contributed by atoms with Gasteiger partial charge in [0, 0.05) is 0 Å². The Morgan fingerprint density at radius 3 is 0.600 bits per heavy atom. The third-order valence-electron chi connectivity index (χ3n) is 0. The molecule has 0 aliphatic carbocycles. The molecule has 2 N–H and O–H groups in total. The average molecular weight is 498 g/mol. The summed E-state index contributed by atoms with van der Waals surface area (Å²) in [5.41, 5.74) is 0. The van der Waals surface area contributed by atoms with E-state index in [-0.39, 0.29) is 27.7 Å². The van der Waals surface area contributed by atoms with Gasteiger partial charge in [-0.05, 0) is 0 Å². The van der Waals surface area contributed by atoms with Gasteiger partial charge in [-0.25, -0.2) is 0 Å². The van der Waals surface area contributed by atoms with Crippen molar-refractivity contribution in [1.82, 2.24) is 0 Å². The molecule has 0 saturated heterocycles. The molecule has 0 spiro atoms. The largest absolute Gasteiger partial charge is 2.00 e. The maximum absolute atomic E-state index is 5.33. The van der Waals surface area contributed by atoms with Crippen LogP contribution in [-0.4, -0.2) is 11.0 Å². The second-order valence-corrected chi connectivity index (χ2v) is 52.6. The molecule has 0 heterocycles. The molecule has 0 atom stereocenters. The Balaban J connectivity index is -0.0000000600. The van der Waals surface area contributed by atoms with Gasteiger partial charge in [-0.3, -0.25) is 0 Å². The minimum atomic E-state index is -5.33. The summed E-state index contributed by atoms with van der Waals surface area (Å²) in [5.74, 6) is 0. The van der Waals surface area contributed by atoms with Crippen LogP contribution in [0.2, 0.25) is 0 Å². The van der Waals surface area contributed by atoms with Crippen LogP contribution in [0.5, 0.6) is 0 Å². The third kappa shape index (κ3) is 131. The van der Waals surface area contributed by atoms with E-state index in [4.69, 9.17) is 57.5 Å². The fraction of sp³-hybridized carbons (Fsp3) is 0. The van der Waals surface area contributed by atoms with Crippen molar-refractivity contribution in [3.05, 3.63) is 0 Å². The molecule has 2 nitrogen and oxygen atoms in total. The zero-order valence-electron chi connectivity index (χ0n) is 3.83. The first-order valence-corrected chi connectivity index (χ1v) is 18.6. The van der Waals surface area contributed by atoms with Crippen LogP contribution in [0.25, 0.3) is 0 Å². The van der Waals surface area contributed by atoms with E-state index in [1.54, 1.807) is 0 Å². The molecule has 0 rings (SSSR count). The Bertz CT molecular complexity index is 74.3. The van der Waals surface area contributed by atoms with Gasteiger partial charge < -0.3 is 11.0 Å². The van der Waals surface area contributed by atoms with Crippen LogP contribution in [0.4, 0.5) is 0 Å². The summed E-state index contributed by atoms with van der Waals surface area (Å²) in [5, 5.41) is 0. The molecule has 0 aromatic heterocycles. The molecule has 10 heavy (non-hydrogen) atoms. The minimum absolute atomic E-state index is 0. The molecule has 0 aromatic rings. The second kappa shape index (κ2) is 4.35. The topological polar surface area (TPSA) is 60.0 Å². The summed E-state index contributed by atoms with van der Waals surface area (Å²) in [4.78, 5) is 0. The summed E-state index contributed by atoms with van der Waals surface area (Å²) in [6, 6.07) is 0. The van der Waals surface area contributed by atoms with Crippen molar-refractivity contribution in [3.63, 3.8) is 0 Å². The van der Waals surface area contributed by atoms with Gasteiger partial charge in [0.05, 0.1) is 0 Å². The maximum atomic E-state index is 5.06. The molecular formula is H2Cl6CoIrO2. The van der Waals surface area contributed by atoms with Crippen LogP contribution in [0.15, 0.2) is 0 Å². The smallest absolute Gasteiger partial charge is 0.870 e. The predicted octanol–water partition coefficient (Wildman–Crippen LogP) is 3.78. The predicted molar refractivity (Wildman–Crippen MR) is 39.0 cm³/mol. The minimum Gasteiger partial charge on any atom is -0.870 e. The van der Waals surface area contributed by atoms with Crippen molar-refractivity contribution in [2.45, 2.75) is 0 Å². The number of halogens is 6. The Labute approximate surface area is 90.8 Å². The second-order valence-electron chi connectivity index (χ2n) is 0.714. The van der Waals surface area contributed by atoms with Crippen LogP contribution >= 0.6 is 57.5 Å². The van der Waals surface area contributed by atoms with Crippen LogP contribution < -0.4 is 0 Å². The third-order valence-corrected chi connectivity index (χ3v) is 0. The maximum Gasteiger partial charge on any atom is 2.00 e. The molecule has 0 aliphatic heterocycles. The van der Waals surface area contributed by atoms with E-state index >= 15 is 0 Å². The molecule has 0 aromatic carbocycles. The standard InChI is InChI=1S/6ClH.Co.Ir.2H2O/h6*1H;;;2*1H2/q;;;;;;+2;+6;;/p-8. The molecule has 1 radical (unpaired) electrons. The zero-order valence-corrected chi connectivity index (χ0v) is 11.8. The zero-order chi connectivity index (χ0) is 6.41. The van der Waals surface area contributed by atoms with Crippen molar-refractivity contribution >= 4 is 57.5 Å². The summed E-state index contributed by atoms with van der Waals surface area (Å²) in [6.45, 7) is -5.33. The molecule has 74 valence electrons. The van der Waals surface area contributed by atoms with Gasteiger partial charge in [-0.1, -0.05) is 0 Å². The van der Waals surface area contributed by atoms with Gasteiger partial charge in [0.25, 0.3) is 0 Å². The number of hydrogen-bond acceptors (Lipinski definition) is 2. The van der Waals surface area contributed by atoms with E-state index in [2.05, 4.69) is 0 Å². The molecule has 0 fully saturated rings. The summed E-state index contributed by atoms with van der Waals surface area (Å²) >= 11 is 0. The van der Waals surface area contributed by atoms with Gasteiger partial charge in [-0.2, -0.15) is 0 Å². The van der Waals surface area contributed by atoms with E-state index < -0.39 is 6.81 Å². The van der Waals surface area contributed by atoms with Gasteiger partial charge in [0.2, 0.25) is 0 Å². The molecular weight excluding hydrogens is 496 g/mol. The van der Waals surface area contributed by atoms with Crippen molar-refractivity contribution in [1.29, 1.82) is 0 Å². The van der Waals surface area contributed by atoms with Crippen molar-refractivity contribution in [2.75, 3.05) is 0 Å². The average Bonchev–Trinajstić information content (AvgIpc) is 0.592. The summed E-state index contributed by atoms with van der Waals surface area (Å²) in [7, 11) is 30.3. The number of rotatable bonds is 0. The first-order chi connectivity index (χ1) is 2.45. The Hall–Kier alpha value is 2.82. The van der Waals surface area contributed by atoms with Gasteiger partial charge in [0.1, 0.15) is 0 Å². The molecule has 0 unspecified atom stereocenters. The van der Waals surface area contributed by atoms with E-state index in [0.717, 1.165) is 0 Å². The summed E-state index contributed by atoms with van der Waals surface area (Å²) in [6.07, 6.45) is 0. The van der Waals surface area contributed by atoms with Crippen LogP contribution in [-0.2, 0) is 23.6 Å². The summed E-state index contributed by atoms with van der Waals surface area (Å²) < 4.78 is 0. The van der Waals surface area contributed by atoms with Crippen molar-refractivity contribution in [2.24, 2.45) is 0 Å². The Kier molecular flexibility index (Phi) is 10.0. The van der Waals surface area contributed by atoms with Gasteiger partial charge in [0.15, 0.2) is 0 Å². The van der Waals surface area contributed by atoms with Crippen LogP contribution in [0, 0.1) is 0 Å². The normalized spacial score (nSPS) is 16.2. The van der Waals surface area contributed by atoms with Crippen molar-refractivity contribution < 1.29 is 34.5 Å². The molecule has 0 aliphatic rings. The van der Waals surface area contributed by atoms with E-state index in [1.807, 2.05) is 0 Å². The number of hydrogen-bond donors (Lipinski definition) is 0. The molecule has 0 saturated carbocycles. The SMILES string of the molecule is [Cl][Ir]([Cl])([Cl])([Cl])([Cl])[Cl].[Co+2].[OH-].[OH-]. The first kappa shape index (κ1) is 23.0.